The molecule has 1 N–H and O–H groups in total. The van der Waals surface area contributed by atoms with Gasteiger partial charge in [-0.25, -0.2) is 0 Å². The molecule has 0 radical (unpaired) electrons. The zero-order chi connectivity index (χ0) is 24.5. The standard InChI is InChI=1S/C24H22NO8P.2Na/c1-30-21-11-16(12-22(31-2)24(21)32-3)23(26)19-13-25-20-10-15(7-8-18(19)20)14-5-4-6-17(9-14)33-34(27,28)29;;/h4-13,25H,1-3H3,(H2,27,28,29);;/q;2*+1/p-2. The van der Waals surface area contributed by atoms with Crippen LogP contribution in [-0.2, 0) is 4.57 Å². The molecular formula is C24H20NNa2O8P. The minimum absolute atomic E-state index is 0. The number of ketones is 1. The summed E-state index contributed by atoms with van der Waals surface area (Å²) in [6.07, 6.45) is 1.62. The van der Waals surface area contributed by atoms with Gasteiger partial charge in [-0.3, -0.25) is 4.79 Å². The van der Waals surface area contributed by atoms with E-state index in [0.717, 1.165) is 5.56 Å². The number of hydrogen-bond acceptors (Lipinski definition) is 8. The molecule has 0 amide bonds. The van der Waals surface area contributed by atoms with Gasteiger partial charge in [0.2, 0.25) is 5.75 Å². The van der Waals surface area contributed by atoms with Crippen molar-refractivity contribution in [3.05, 3.63) is 71.9 Å². The molecule has 0 fully saturated rings. The molecule has 0 unspecified atom stereocenters. The van der Waals surface area contributed by atoms with Gasteiger partial charge in [0.25, 0.3) is 0 Å². The van der Waals surface area contributed by atoms with E-state index >= 15 is 0 Å². The summed E-state index contributed by atoms with van der Waals surface area (Å²) < 4.78 is 31.4. The van der Waals surface area contributed by atoms with Gasteiger partial charge in [0.05, 0.1) is 21.3 Å². The topological polar surface area (TPSA) is 133 Å². The Kier molecular flexibility index (Phi) is 10.7. The third-order valence-corrected chi connectivity index (χ3v) is 5.67. The summed E-state index contributed by atoms with van der Waals surface area (Å²) in [6, 6.07) is 14.7. The van der Waals surface area contributed by atoms with Gasteiger partial charge in [0, 0.05) is 28.2 Å². The van der Waals surface area contributed by atoms with Crippen molar-refractivity contribution >= 4 is 24.5 Å². The number of H-pyrrole nitrogens is 1. The summed E-state index contributed by atoms with van der Waals surface area (Å²) in [5.41, 5.74) is 2.88. The van der Waals surface area contributed by atoms with Gasteiger partial charge in [-0.2, -0.15) is 0 Å². The first-order valence-electron chi connectivity index (χ1n) is 10.0. The molecule has 0 saturated carbocycles. The van der Waals surface area contributed by atoms with Gasteiger partial charge < -0.3 is 38.1 Å². The summed E-state index contributed by atoms with van der Waals surface area (Å²) in [5.74, 6) is 0.817. The number of fused-ring (bicyclic) bond motifs is 1. The quantitative estimate of drug-likeness (QED) is 0.149. The predicted molar refractivity (Wildman–Crippen MR) is 121 cm³/mol. The number of carbonyl (C=O) groups excluding carboxylic acids is 1. The molecule has 0 spiro atoms. The molecule has 9 nitrogen and oxygen atoms in total. The number of phosphoric acid groups is 1. The van der Waals surface area contributed by atoms with Crippen molar-refractivity contribution in [2.45, 2.75) is 0 Å². The molecule has 1 heterocycles. The summed E-state index contributed by atoms with van der Waals surface area (Å²) in [4.78, 5) is 38.2. The van der Waals surface area contributed by atoms with Crippen molar-refractivity contribution < 1.29 is 97.0 Å². The van der Waals surface area contributed by atoms with Crippen LogP contribution in [0.2, 0.25) is 0 Å². The molecular weight excluding hydrogens is 507 g/mol. The molecule has 0 saturated heterocycles. The maximum atomic E-state index is 13.3. The van der Waals surface area contributed by atoms with E-state index in [0.29, 0.717) is 44.8 Å². The monoisotopic (exact) mass is 527 g/mol. The van der Waals surface area contributed by atoms with E-state index in [1.807, 2.05) is 6.07 Å². The van der Waals surface area contributed by atoms with Crippen molar-refractivity contribution in [3.63, 3.8) is 0 Å². The third-order valence-electron chi connectivity index (χ3n) is 5.24. The second-order valence-electron chi connectivity index (χ2n) is 7.27. The first-order valence-corrected chi connectivity index (χ1v) is 11.5. The molecule has 4 aromatic rings. The van der Waals surface area contributed by atoms with E-state index in [4.69, 9.17) is 14.2 Å². The molecule has 0 aliphatic carbocycles. The third kappa shape index (κ3) is 6.55. The number of ether oxygens (including phenoxy) is 3. The maximum Gasteiger partial charge on any atom is 1.00 e. The maximum absolute atomic E-state index is 13.3. The molecule has 3 aromatic carbocycles. The minimum atomic E-state index is -5.16. The Balaban J connectivity index is 0.00000228. The Bertz CT molecular complexity index is 1410. The number of carbonyl (C=O) groups is 1. The number of rotatable bonds is 8. The van der Waals surface area contributed by atoms with E-state index in [1.54, 1.807) is 42.6 Å². The summed E-state index contributed by atoms with van der Waals surface area (Å²) in [7, 11) is -0.719. The van der Waals surface area contributed by atoms with Crippen molar-refractivity contribution in [2.24, 2.45) is 0 Å². The molecule has 12 heteroatoms. The van der Waals surface area contributed by atoms with Crippen LogP contribution in [0.15, 0.2) is 60.8 Å². The molecule has 36 heavy (non-hydrogen) atoms. The Morgan fingerprint density at radius 2 is 1.50 bits per heavy atom. The predicted octanol–water partition coefficient (Wildman–Crippen LogP) is -2.69. The fraction of sp³-hybridized carbons (Fsp3) is 0.125. The molecule has 0 aliphatic rings. The van der Waals surface area contributed by atoms with Crippen molar-refractivity contribution in [1.29, 1.82) is 0 Å². The fourth-order valence-electron chi connectivity index (χ4n) is 3.72. The number of nitrogens with one attached hydrogen (secondary N) is 1. The SMILES string of the molecule is COc1cc(C(=O)c2c[nH]c3cc(-c4cccc(OP(=O)([O-])[O-])c4)ccc23)cc(OC)c1OC.[Na+].[Na+]. The van der Waals surface area contributed by atoms with Gasteiger partial charge in [-0.1, -0.05) is 24.3 Å². The second-order valence-corrected chi connectivity index (χ2v) is 8.35. The van der Waals surface area contributed by atoms with Gasteiger partial charge in [-0.15, -0.1) is 0 Å². The minimum Gasteiger partial charge on any atom is -0.780 e. The molecule has 0 atom stereocenters. The first kappa shape index (κ1) is 30.4. The Hall–Kier alpha value is -1.78. The van der Waals surface area contributed by atoms with Gasteiger partial charge >= 0.3 is 59.1 Å². The number of benzene rings is 3. The Morgan fingerprint density at radius 3 is 2.08 bits per heavy atom. The number of aromatic amines is 1. The van der Waals surface area contributed by atoms with Crippen LogP contribution < -0.4 is 87.6 Å². The van der Waals surface area contributed by atoms with Crippen molar-refractivity contribution in [1.82, 2.24) is 4.98 Å². The average molecular weight is 527 g/mol. The fourth-order valence-corrected chi connectivity index (χ4v) is 4.09. The van der Waals surface area contributed by atoms with Gasteiger partial charge in [0.1, 0.15) is 13.6 Å². The van der Waals surface area contributed by atoms with E-state index in [-0.39, 0.29) is 70.6 Å². The van der Waals surface area contributed by atoms with E-state index in [9.17, 15) is 19.1 Å². The molecule has 1 aromatic heterocycles. The number of hydrogen-bond donors (Lipinski definition) is 1. The normalized spacial score (nSPS) is 10.7. The summed E-state index contributed by atoms with van der Waals surface area (Å²) in [6.45, 7) is 0. The van der Waals surface area contributed by atoms with E-state index in [1.165, 1.54) is 33.5 Å². The Morgan fingerprint density at radius 1 is 0.861 bits per heavy atom. The second kappa shape index (κ2) is 12.6. The van der Waals surface area contributed by atoms with Gasteiger partial charge in [-0.05, 0) is 41.5 Å². The van der Waals surface area contributed by atoms with Gasteiger partial charge in [0.15, 0.2) is 17.3 Å². The van der Waals surface area contributed by atoms with Crippen LogP contribution in [0.4, 0.5) is 0 Å². The molecule has 0 aliphatic heterocycles. The largest absolute Gasteiger partial charge is 1.00 e. The van der Waals surface area contributed by atoms with Crippen LogP contribution in [0.1, 0.15) is 15.9 Å². The van der Waals surface area contributed by atoms with E-state index in [2.05, 4.69) is 9.51 Å². The van der Waals surface area contributed by atoms with Crippen LogP contribution in [0.5, 0.6) is 23.0 Å². The van der Waals surface area contributed by atoms with Crippen LogP contribution in [0.3, 0.4) is 0 Å². The number of phosphoric ester groups is 1. The van der Waals surface area contributed by atoms with E-state index < -0.39 is 7.82 Å². The smallest absolute Gasteiger partial charge is 0.780 e. The first-order chi connectivity index (χ1) is 16.2. The van der Waals surface area contributed by atoms with Crippen molar-refractivity contribution in [2.75, 3.05) is 21.3 Å². The van der Waals surface area contributed by atoms with Crippen LogP contribution in [0.25, 0.3) is 22.0 Å². The average Bonchev–Trinajstić information content (AvgIpc) is 3.24. The molecule has 0 bridgehead atoms. The molecule has 176 valence electrons. The zero-order valence-electron chi connectivity index (χ0n) is 20.5. The molecule has 4 rings (SSSR count). The van der Waals surface area contributed by atoms with Crippen LogP contribution in [-0.4, -0.2) is 32.1 Å². The van der Waals surface area contributed by atoms with Crippen molar-refractivity contribution in [3.8, 4) is 34.1 Å². The summed E-state index contributed by atoms with van der Waals surface area (Å²) in [5, 5.41) is 0.693. The van der Waals surface area contributed by atoms with Crippen LogP contribution in [0, 0.1) is 0 Å². The Labute approximate surface area is 251 Å². The number of methoxy groups -OCH3 is 3. The summed E-state index contributed by atoms with van der Waals surface area (Å²) >= 11 is 0. The van der Waals surface area contributed by atoms with Crippen LogP contribution >= 0.6 is 7.82 Å². The zero-order valence-corrected chi connectivity index (χ0v) is 25.4. The number of aromatic nitrogens is 1.